The highest BCUT2D eigenvalue weighted by atomic mass is 19.1. The van der Waals surface area contributed by atoms with Gasteiger partial charge in [0.05, 0.1) is 6.33 Å². The second kappa shape index (κ2) is 7.03. The Morgan fingerprint density at radius 2 is 2.07 bits per heavy atom. The lowest BCUT2D eigenvalue weighted by Crippen LogP contribution is -2.18. The van der Waals surface area contributed by atoms with E-state index in [0.29, 0.717) is 16.8 Å². The summed E-state index contributed by atoms with van der Waals surface area (Å²) in [5.41, 5.74) is 1.73. The molecule has 0 radical (unpaired) electrons. The number of amides is 1. The van der Waals surface area contributed by atoms with Crippen LogP contribution in [-0.4, -0.2) is 35.8 Å². The molecule has 0 aliphatic rings. The summed E-state index contributed by atoms with van der Waals surface area (Å²) in [7, 11) is 0. The highest BCUT2D eigenvalue weighted by molar-refractivity contribution is 5.95. The molecule has 0 saturated heterocycles. The molecule has 0 spiro atoms. The Labute approximate surface area is 158 Å². The monoisotopic (exact) mass is 378 g/mol. The standard InChI is InChI=1S/C19H15FN6O2/c1-12(27)13-2-4-16(20)15(8-13)14-3-5-17-22-19(24-26(17)9-14)23-18(28)10-25-7-6-21-11-25/h2-9,11H,10H2,1H3,(H,23,24,28). The van der Waals surface area contributed by atoms with Crippen molar-refractivity contribution < 1.29 is 14.0 Å². The van der Waals surface area contributed by atoms with Crippen LogP contribution in [-0.2, 0) is 11.3 Å². The van der Waals surface area contributed by atoms with Crippen LogP contribution in [0.3, 0.4) is 0 Å². The Morgan fingerprint density at radius 3 is 2.82 bits per heavy atom. The Hall–Kier alpha value is -3.88. The number of ketones is 1. The first-order valence-electron chi connectivity index (χ1n) is 8.42. The number of benzene rings is 1. The van der Waals surface area contributed by atoms with E-state index in [2.05, 4.69) is 20.4 Å². The van der Waals surface area contributed by atoms with Gasteiger partial charge in [0.1, 0.15) is 12.4 Å². The van der Waals surface area contributed by atoms with Gasteiger partial charge < -0.3 is 4.57 Å². The quantitative estimate of drug-likeness (QED) is 0.539. The molecule has 8 nitrogen and oxygen atoms in total. The largest absolute Gasteiger partial charge is 0.328 e. The lowest BCUT2D eigenvalue weighted by atomic mass is 10.0. The molecule has 4 aromatic rings. The minimum absolute atomic E-state index is 0.0872. The summed E-state index contributed by atoms with van der Waals surface area (Å²) in [5.74, 6) is -0.751. The number of pyridine rings is 1. The Bertz CT molecular complexity index is 1180. The predicted molar refractivity (Wildman–Crippen MR) is 99.2 cm³/mol. The van der Waals surface area contributed by atoms with Crippen LogP contribution in [0, 0.1) is 5.82 Å². The van der Waals surface area contributed by atoms with Crippen molar-refractivity contribution in [2.24, 2.45) is 0 Å². The number of carbonyl (C=O) groups is 2. The highest BCUT2D eigenvalue weighted by Gasteiger charge is 2.12. The Balaban J connectivity index is 1.61. The Morgan fingerprint density at radius 1 is 1.21 bits per heavy atom. The minimum atomic E-state index is -0.446. The van der Waals surface area contributed by atoms with Gasteiger partial charge in [-0.25, -0.2) is 13.9 Å². The van der Waals surface area contributed by atoms with Crippen LogP contribution < -0.4 is 5.32 Å². The summed E-state index contributed by atoms with van der Waals surface area (Å²) in [5, 5.41) is 6.83. The van der Waals surface area contributed by atoms with E-state index in [-0.39, 0.29) is 29.7 Å². The van der Waals surface area contributed by atoms with Crippen molar-refractivity contribution in [2.75, 3.05) is 5.32 Å². The maximum atomic E-state index is 14.3. The van der Waals surface area contributed by atoms with E-state index >= 15 is 0 Å². The molecule has 1 aromatic carbocycles. The van der Waals surface area contributed by atoms with Crippen molar-refractivity contribution in [2.45, 2.75) is 13.5 Å². The van der Waals surface area contributed by atoms with Crippen molar-refractivity contribution in [1.29, 1.82) is 0 Å². The van der Waals surface area contributed by atoms with E-state index in [9.17, 15) is 14.0 Å². The predicted octanol–water partition coefficient (Wildman–Crippen LogP) is 2.57. The van der Waals surface area contributed by atoms with E-state index in [0.717, 1.165) is 0 Å². The number of fused-ring (bicyclic) bond motifs is 1. The number of anilines is 1. The van der Waals surface area contributed by atoms with Crippen molar-refractivity contribution >= 4 is 23.3 Å². The third-order valence-electron chi connectivity index (χ3n) is 4.15. The number of nitrogens with one attached hydrogen (secondary N) is 1. The topological polar surface area (TPSA) is 94.2 Å². The third-order valence-corrected chi connectivity index (χ3v) is 4.15. The molecule has 0 aliphatic heterocycles. The van der Waals surface area contributed by atoms with Gasteiger partial charge >= 0.3 is 0 Å². The molecule has 3 heterocycles. The summed E-state index contributed by atoms with van der Waals surface area (Å²) in [6.07, 6.45) is 6.38. The first-order valence-corrected chi connectivity index (χ1v) is 8.42. The van der Waals surface area contributed by atoms with Crippen LogP contribution in [0.4, 0.5) is 10.3 Å². The zero-order chi connectivity index (χ0) is 19.7. The van der Waals surface area contributed by atoms with Gasteiger partial charge in [0.25, 0.3) is 0 Å². The molecule has 1 amide bonds. The normalized spacial score (nSPS) is 10.9. The fourth-order valence-corrected chi connectivity index (χ4v) is 2.77. The first-order chi connectivity index (χ1) is 13.5. The van der Waals surface area contributed by atoms with E-state index in [1.54, 1.807) is 35.3 Å². The van der Waals surface area contributed by atoms with Gasteiger partial charge in [-0.3, -0.25) is 14.9 Å². The molecule has 0 bridgehead atoms. The molecule has 0 fully saturated rings. The van der Waals surface area contributed by atoms with E-state index in [1.807, 2.05) is 0 Å². The fraction of sp³-hybridized carbons (Fsp3) is 0.105. The summed E-state index contributed by atoms with van der Waals surface area (Å²) < 4.78 is 17.3. The summed E-state index contributed by atoms with van der Waals surface area (Å²) >= 11 is 0. The van der Waals surface area contributed by atoms with E-state index in [4.69, 9.17) is 0 Å². The molecule has 0 aliphatic carbocycles. The summed E-state index contributed by atoms with van der Waals surface area (Å²) in [4.78, 5) is 31.7. The second-order valence-electron chi connectivity index (χ2n) is 6.19. The van der Waals surface area contributed by atoms with Gasteiger partial charge in [-0.05, 0) is 37.3 Å². The second-order valence-corrected chi connectivity index (χ2v) is 6.19. The molecule has 3 aromatic heterocycles. The average Bonchev–Trinajstić information content (AvgIpc) is 3.30. The van der Waals surface area contributed by atoms with Crippen molar-refractivity contribution in [3.05, 3.63) is 66.6 Å². The third kappa shape index (κ3) is 3.50. The smallest absolute Gasteiger partial charge is 0.249 e. The number of carbonyl (C=O) groups excluding carboxylic acids is 2. The maximum absolute atomic E-state index is 14.3. The van der Waals surface area contributed by atoms with Gasteiger partial charge in [-0.15, -0.1) is 5.10 Å². The van der Waals surface area contributed by atoms with Gasteiger partial charge in [-0.1, -0.05) is 0 Å². The fourth-order valence-electron chi connectivity index (χ4n) is 2.77. The lowest BCUT2D eigenvalue weighted by molar-refractivity contribution is -0.116. The van der Waals surface area contributed by atoms with Gasteiger partial charge in [-0.2, -0.15) is 4.98 Å². The van der Waals surface area contributed by atoms with Gasteiger partial charge in [0.2, 0.25) is 11.9 Å². The molecule has 1 N–H and O–H groups in total. The molecule has 0 unspecified atom stereocenters. The van der Waals surface area contributed by atoms with Gasteiger partial charge in [0, 0.05) is 35.3 Å². The van der Waals surface area contributed by atoms with Crippen molar-refractivity contribution in [3.8, 4) is 11.1 Å². The van der Waals surface area contributed by atoms with Crippen LogP contribution in [0.5, 0.6) is 0 Å². The first kappa shape index (κ1) is 17.5. The molecule has 0 saturated carbocycles. The number of aromatic nitrogens is 5. The van der Waals surface area contributed by atoms with Crippen molar-refractivity contribution in [1.82, 2.24) is 24.1 Å². The number of nitrogens with zero attached hydrogens (tertiary/aromatic N) is 5. The number of hydrogen-bond acceptors (Lipinski definition) is 5. The maximum Gasteiger partial charge on any atom is 0.249 e. The number of imidazole rings is 1. The molecule has 4 rings (SSSR count). The van der Waals surface area contributed by atoms with E-state index in [1.165, 1.54) is 36.0 Å². The van der Waals surface area contributed by atoms with E-state index < -0.39 is 5.82 Å². The van der Waals surface area contributed by atoms with Crippen LogP contribution in [0.2, 0.25) is 0 Å². The van der Waals surface area contributed by atoms with Crippen LogP contribution >= 0.6 is 0 Å². The molecule has 140 valence electrons. The number of hydrogen-bond donors (Lipinski definition) is 1. The number of Topliss-reactive ketones (excluding diaryl/α,β-unsaturated/α-hetero) is 1. The number of rotatable bonds is 5. The SMILES string of the molecule is CC(=O)c1ccc(F)c(-c2ccc3nc(NC(=O)Cn4ccnc4)nn3c2)c1. The molecule has 28 heavy (non-hydrogen) atoms. The zero-order valence-electron chi connectivity index (χ0n) is 14.8. The molecular formula is C19H15FN6O2. The van der Waals surface area contributed by atoms with Gasteiger partial charge in [0.15, 0.2) is 11.4 Å². The molecule has 0 atom stereocenters. The Kier molecular flexibility index (Phi) is 4.40. The minimum Gasteiger partial charge on any atom is -0.328 e. The van der Waals surface area contributed by atoms with Crippen molar-refractivity contribution in [3.63, 3.8) is 0 Å². The molecular weight excluding hydrogens is 363 g/mol. The highest BCUT2D eigenvalue weighted by Crippen LogP contribution is 2.25. The molecule has 9 heteroatoms. The average molecular weight is 378 g/mol. The summed E-state index contributed by atoms with van der Waals surface area (Å²) in [6.45, 7) is 1.51. The lowest BCUT2D eigenvalue weighted by Gasteiger charge is -2.05. The van der Waals surface area contributed by atoms with Crippen LogP contribution in [0.25, 0.3) is 16.8 Å². The van der Waals surface area contributed by atoms with Crippen LogP contribution in [0.15, 0.2) is 55.2 Å². The van der Waals surface area contributed by atoms with Crippen LogP contribution in [0.1, 0.15) is 17.3 Å². The zero-order valence-corrected chi connectivity index (χ0v) is 14.8. The number of halogens is 1. The summed E-state index contributed by atoms with van der Waals surface area (Å²) in [6, 6.07) is 7.56.